The van der Waals surface area contributed by atoms with Crippen molar-refractivity contribution in [2.45, 2.75) is 39.7 Å². The van der Waals surface area contributed by atoms with Gasteiger partial charge in [0.05, 0.1) is 29.5 Å². The number of methoxy groups -OCH3 is 1. The molecule has 190 valence electrons. The van der Waals surface area contributed by atoms with Crippen LogP contribution in [0.5, 0.6) is 5.75 Å². The van der Waals surface area contributed by atoms with Crippen molar-refractivity contribution in [3.63, 3.8) is 0 Å². The zero-order chi connectivity index (χ0) is 26.1. The van der Waals surface area contributed by atoms with Crippen LogP contribution < -0.4 is 19.6 Å². The van der Waals surface area contributed by atoms with Crippen molar-refractivity contribution < 1.29 is 18.7 Å². The molecule has 2 aromatic heterocycles. The molecule has 0 radical (unpaired) electrons. The lowest BCUT2D eigenvalue weighted by Crippen LogP contribution is -2.40. The van der Waals surface area contributed by atoms with Gasteiger partial charge >= 0.3 is 5.97 Å². The Labute approximate surface area is 218 Å². The molecule has 1 unspecified atom stereocenters. The Bertz CT molecular complexity index is 1710. The summed E-state index contributed by atoms with van der Waals surface area (Å²) >= 11 is 1.28. The van der Waals surface area contributed by atoms with Gasteiger partial charge in [-0.1, -0.05) is 55.0 Å². The first-order valence-electron chi connectivity index (χ1n) is 12.3. The molecule has 37 heavy (non-hydrogen) atoms. The predicted molar refractivity (Wildman–Crippen MR) is 144 cm³/mol. The number of carbonyl (C=O) groups excluding carboxylic acids is 1. The number of aromatic nitrogens is 1. The van der Waals surface area contributed by atoms with E-state index in [4.69, 9.17) is 18.9 Å². The van der Waals surface area contributed by atoms with Gasteiger partial charge < -0.3 is 13.9 Å². The van der Waals surface area contributed by atoms with E-state index in [0.717, 1.165) is 28.5 Å². The number of ether oxygens (including phenoxy) is 2. The Morgan fingerprint density at radius 1 is 1.16 bits per heavy atom. The molecule has 1 aliphatic rings. The second-order valence-corrected chi connectivity index (χ2v) is 9.77. The molecule has 0 N–H and O–H groups in total. The van der Waals surface area contributed by atoms with Crippen molar-refractivity contribution in [3.8, 4) is 5.75 Å². The first kappa shape index (κ1) is 24.8. The van der Waals surface area contributed by atoms with Crippen molar-refractivity contribution in [2.24, 2.45) is 4.99 Å². The molecule has 0 fully saturated rings. The average molecular weight is 517 g/mol. The van der Waals surface area contributed by atoms with Crippen LogP contribution in [-0.4, -0.2) is 24.3 Å². The summed E-state index contributed by atoms with van der Waals surface area (Å²) in [7, 11) is 1.59. The van der Waals surface area contributed by atoms with Crippen molar-refractivity contribution in [1.82, 2.24) is 4.57 Å². The third-order valence-electron chi connectivity index (χ3n) is 6.35. The maximum absolute atomic E-state index is 14.0. The lowest BCUT2D eigenvalue weighted by molar-refractivity contribution is -0.139. The maximum atomic E-state index is 14.0. The number of furan rings is 1. The van der Waals surface area contributed by atoms with Crippen LogP contribution in [0.4, 0.5) is 0 Å². The van der Waals surface area contributed by atoms with Crippen LogP contribution in [0.25, 0.3) is 16.8 Å². The highest BCUT2D eigenvalue weighted by Crippen LogP contribution is 2.41. The van der Waals surface area contributed by atoms with E-state index in [9.17, 15) is 9.59 Å². The van der Waals surface area contributed by atoms with Gasteiger partial charge in [-0.05, 0) is 49.2 Å². The minimum atomic E-state index is -0.765. The van der Waals surface area contributed by atoms with Crippen LogP contribution in [0.3, 0.4) is 0 Å². The van der Waals surface area contributed by atoms with E-state index in [0.29, 0.717) is 38.5 Å². The smallest absolute Gasteiger partial charge is 0.338 e. The highest BCUT2D eigenvalue weighted by Gasteiger charge is 2.37. The molecular weight excluding hydrogens is 488 g/mol. The number of carbonyl (C=O) groups is 1. The SMILES string of the molecule is CCCC1=C(C(=O)OCC)C(c2c(OC)ccc3ccccc23)n2c(s/c(=C\c3ccc(C)o3)c2=O)=N1. The summed E-state index contributed by atoms with van der Waals surface area (Å²) in [6, 6.07) is 14.6. The van der Waals surface area contributed by atoms with Crippen LogP contribution in [0.1, 0.15) is 49.8 Å². The molecule has 7 nitrogen and oxygen atoms in total. The highest BCUT2D eigenvalue weighted by molar-refractivity contribution is 7.07. The Morgan fingerprint density at radius 3 is 2.68 bits per heavy atom. The van der Waals surface area contributed by atoms with Crippen LogP contribution in [0.15, 0.2) is 74.0 Å². The molecular formula is C29H28N2O5S. The van der Waals surface area contributed by atoms with Crippen molar-refractivity contribution >= 4 is 34.2 Å². The number of thiazole rings is 1. The van der Waals surface area contributed by atoms with E-state index < -0.39 is 12.0 Å². The summed E-state index contributed by atoms with van der Waals surface area (Å²) in [5.41, 5.74) is 1.47. The van der Waals surface area contributed by atoms with E-state index in [1.807, 2.05) is 62.4 Å². The Morgan fingerprint density at radius 2 is 1.97 bits per heavy atom. The topological polar surface area (TPSA) is 83.0 Å². The lowest BCUT2D eigenvalue weighted by Gasteiger charge is -2.28. The quantitative estimate of drug-likeness (QED) is 0.334. The number of hydrogen-bond acceptors (Lipinski definition) is 7. The zero-order valence-electron chi connectivity index (χ0n) is 21.2. The highest BCUT2D eigenvalue weighted by atomic mass is 32.1. The number of benzene rings is 2. The molecule has 0 saturated carbocycles. The molecule has 0 bridgehead atoms. The first-order chi connectivity index (χ1) is 18.0. The van der Waals surface area contributed by atoms with Crippen LogP contribution >= 0.6 is 11.3 Å². The predicted octanol–water partition coefficient (Wildman–Crippen LogP) is 4.64. The number of fused-ring (bicyclic) bond motifs is 2. The fraction of sp³-hybridized carbons (Fsp3) is 0.276. The number of aryl methyl sites for hydroxylation is 1. The van der Waals surface area contributed by atoms with Gasteiger partial charge in [0.25, 0.3) is 5.56 Å². The largest absolute Gasteiger partial charge is 0.496 e. The maximum Gasteiger partial charge on any atom is 0.338 e. The molecule has 1 atom stereocenters. The summed E-state index contributed by atoms with van der Waals surface area (Å²) in [6.45, 7) is 5.87. The van der Waals surface area contributed by atoms with Gasteiger partial charge in [0.2, 0.25) is 0 Å². The normalized spacial score (nSPS) is 15.6. The summed E-state index contributed by atoms with van der Waals surface area (Å²) < 4.78 is 19.1. The molecule has 0 saturated heterocycles. The zero-order valence-corrected chi connectivity index (χ0v) is 22.1. The van der Waals surface area contributed by atoms with E-state index in [2.05, 4.69) is 0 Å². The lowest BCUT2D eigenvalue weighted by atomic mass is 9.90. The number of esters is 1. The van der Waals surface area contributed by atoms with Crippen molar-refractivity contribution in [3.05, 3.63) is 96.6 Å². The van der Waals surface area contributed by atoms with E-state index in [1.165, 1.54) is 11.3 Å². The summed E-state index contributed by atoms with van der Waals surface area (Å²) in [5.74, 6) is 1.44. The van der Waals surface area contributed by atoms with E-state index >= 15 is 0 Å². The fourth-order valence-corrected chi connectivity index (χ4v) is 5.79. The number of hydrogen-bond donors (Lipinski definition) is 0. The number of rotatable bonds is 7. The monoisotopic (exact) mass is 516 g/mol. The molecule has 5 rings (SSSR count). The van der Waals surface area contributed by atoms with Gasteiger partial charge in [-0.25, -0.2) is 9.79 Å². The van der Waals surface area contributed by atoms with E-state index in [1.54, 1.807) is 24.7 Å². The molecule has 4 aromatic rings. The van der Waals surface area contributed by atoms with Crippen molar-refractivity contribution in [1.29, 1.82) is 0 Å². The van der Waals surface area contributed by atoms with Gasteiger partial charge in [0.1, 0.15) is 23.3 Å². The van der Waals surface area contributed by atoms with Gasteiger partial charge in [0, 0.05) is 11.6 Å². The average Bonchev–Trinajstić information content (AvgIpc) is 3.44. The minimum absolute atomic E-state index is 0.212. The Balaban J connectivity index is 1.89. The second kappa shape index (κ2) is 10.2. The third kappa shape index (κ3) is 4.42. The standard InChI is InChI=1S/C29H28N2O5S/c1-5-9-21-25(28(33)35-6-2)26(24-20-11-8-7-10-18(20)13-15-22(24)34-4)31-27(32)23(37-29(31)30-21)16-19-14-12-17(3)36-19/h7-8,10-16,26H,5-6,9H2,1-4H3/b23-16-. The molecule has 3 heterocycles. The first-order valence-corrected chi connectivity index (χ1v) is 13.1. The van der Waals surface area contributed by atoms with Crippen LogP contribution in [0, 0.1) is 6.92 Å². The summed E-state index contributed by atoms with van der Waals surface area (Å²) in [5, 5.41) is 1.87. The Kier molecular flexibility index (Phi) is 6.84. The molecule has 2 aromatic carbocycles. The minimum Gasteiger partial charge on any atom is -0.496 e. The molecule has 1 aliphatic heterocycles. The molecule has 0 spiro atoms. The molecule has 8 heteroatoms. The fourth-order valence-electron chi connectivity index (χ4n) is 4.79. The molecule has 0 amide bonds. The van der Waals surface area contributed by atoms with Crippen molar-refractivity contribution in [2.75, 3.05) is 13.7 Å². The summed E-state index contributed by atoms with van der Waals surface area (Å²) in [6.07, 6.45) is 3.07. The second-order valence-electron chi connectivity index (χ2n) is 8.76. The summed E-state index contributed by atoms with van der Waals surface area (Å²) in [4.78, 5) is 32.8. The van der Waals surface area contributed by atoms with Gasteiger partial charge in [0.15, 0.2) is 4.80 Å². The number of nitrogens with zero attached hydrogens (tertiary/aromatic N) is 2. The van der Waals surface area contributed by atoms with Gasteiger partial charge in [-0.2, -0.15) is 0 Å². The van der Waals surface area contributed by atoms with Crippen LogP contribution in [0.2, 0.25) is 0 Å². The van der Waals surface area contributed by atoms with E-state index in [-0.39, 0.29) is 12.2 Å². The third-order valence-corrected chi connectivity index (χ3v) is 7.33. The van der Waals surface area contributed by atoms with Gasteiger partial charge in [-0.15, -0.1) is 0 Å². The van der Waals surface area contributed by atoms with Crippen LogP contribution in [-0.2, 0) is 9.53 Å². The molecule has 0 aliphatic carbocycles. The Hall–Kier alpha value is -3.91. The van der Waals surface area contributed by atoms with Gasteiger partial charge in [-0.3, -0.25) is 9.36 Å². The number of allylic oxidation sites excluding steroid dienone is 1.